The zero-order valence-corrected chi connectivity index (χ0v) is 14.3. The lowest BCUT2D eigenvalue weighted by Gasteiger charge is -2.27. The third-order valence-electron chi connectivity index (χ3n) is 3.76. The lowest BCUT2D eigenvalue weighted by molar-refractivity contribution is 0.590. The Hall–Kier alpha value is -2.54. The lowest BCUT2D eigenvalue weighted by Crippen LogP contribution is -2.16. The van der Waals surface area contributed by atoms with Gasteiger partial charge in [-0.05, 0) is 47.4 Å². The molecular formula is C22H25N. The van der Waals surface area contributed by atoms with E-state index in [1.54, 1.807) is 6.08 Å². The van der Waals surface area contributed by atoms with Gasteiger partial charge in [0.05, 0.1) is 0 Å². The molecule has 1 heteroatoms. The van der Waals surface area contributed by atoms with E-state index in [2.05, 4.69) is 75.2 Å². The van der Waals surface area contributed by atoms with Gasteiger partial charge in [-0.25, -0.2) is 0 Å². The van der Waals surface area contributed by atoms with Gasteiger partial charge in [-0.15, -0.1) is 0 Å². The number of rotatable bonds is 5. The first-order valence-corrected chi connectivity index (χ1v) is 7.88. The highest BCUT2D eigenvalue weighted by Crippen LogP contribution is 2.32. The second-order valence-corrected chi connectivity index (χ2v) is 6.50. The Balaban J connectivity index is 2.52. The van der Waals surface area contributed by atoms with E-state index < -0.39 is 0 Å². The van der Waals surface area contributed by atoms with Crippen molar-refractivity contribution in [1.82, 2.24) is 0 Å². The molecule has 2 aromatic carbocycles. The molecule has 0 radical (unpaired) electrons. The number of para-hydroxylation sites is 1. The van der Waals surface area contributed by atoms with Crippen molar-refractivity contribution in [2.24, 2.45) is 0 Å². The zero-order valence-electron chi connectivity index (χ0n) is 14.3. The molecule has 118 valence electrons. The summed E-state index contributed by atoms with van der Waals surface area (Å²) in [6.45, 7) is 14.4. The van der Waals surface area contributed by atoms with Crippen LogP contribution in [-0.2, 0) is 5.41 Å². The summed E-state index contributed by atoms with van der Waals surface area (Å²) < 4.78 is 0. The van der Waals surface area contributed by atoms with Gasteiger partial charge in [0.1, 0.15) is 0 Å². The van der Waals surface area contributed by atoms with Crippen LogP contribution < -0.4 is 4.90 Å². The van der Waals surface area contributed by atoms with Gasteiger partial charge in [0.2, 0.25) is 0 Å². The monoisotopic (exact) mass is 303 g/mol. The first-order valence-electron chi connectivity index (χ1n) is 7.88. The Bertz CT molecular complexity index is 685. The van der Waals surface area contributed by atoms with Gasteiger partial charge in [-0.3, -0.25) is 0 Å². The Morgan fingerprint density at radius 1 is 0.870 bits per heavy atom. The van der Waals surface area contributed by atoms with Crippen LogP contribution in [0.25, 0.3) is 0 Å². The summed E-state index contributed by atoms with van der Waals surface area (Å²) in [6.07, 6.45) is 5.61. The Morgan fingerprint density at radius 3 is 1.91 bits per heavy atom. The van der Waals surface area contributed by atoms with Crippen LogP contribution in [-0.4, -0.2) is 0 Å². The van der Waals surface area contributed by atoms with Crippen molar-refractivity contribution >= 4 is 11.4 Å². The van der Waals surface area contributed by atoms with Crippen molar-refractivity contribution < 1.29 is 0 Å². The fraction of sp³-hybridized carbons (Fsp3) is 0.182. The molecular weight excluding hydrogens is 278 g/mol. The zero-order chi connectivity index (χ0) is 16.9. The predicted molar refractivity (Wildman–Crippen MR) is 102 cm³/mol. The van der Waals surface area contributed by atoms with E-state index in [1.165, 1.54) is 5.56 Å². The smallest absolute Gasteiger partial charge is 0.0461 e. The van der Waals surface area contributed by atoms with E-state index in [1.807, 2.05) is 30.4 Å². The first kappa shape index (κ1) is 16.8. The molecule has 0 aliphatic heterocycles. The maximum absolute atomic E-state index is 3.95. The van der Waals surface area contributed by atoms with Crippen LogP contribution in [0, 0.1) is 0 Å². The lowest BCUT2D eigenvalue weighted by atomic mass is 9.87. The average molecular weight is 303 g/mol. The highest BCUT2D eigenvalue weighted by atomic mass is 15.1. The van der Waals surface area contributed by atoms with Crippen LogP contribution in [0.4, 0.5) is 11.4 Å². The standard InChI is InChI=1S/C22H25N/c1-6-11-19(7-2)23(20-12-9-8-10-13-20)21-16-14-18(15-17-21)22(3,4)5/h6-17H,1-2H2,3-5H3/b19-11+. The molecule has 0 unspecified atom stereocenters. The quantitative estimate of drug-likeness (QED) is 0.579. The van der Waals surface area contributed by atoms with Crippen LogP contribution >= 0.6 is 0 Å². The Kier molecular flexibility index (Phi) is 5.23. The van der Waals surface area contributed by atoms with E-state index in [0.29, 0.717) is 0 Å². The Morgan fingerprint density at radius 2 is 1.43 bits per heavy atom. The molecule has 0 N–H and O–H groups in total. The van der Waals surface area contributed by atoms with E-state index in [0.717, 1.165) is 17.1 Å². The van der Waals surface area contributed by atoms with Gasteiger partial charge >= 0.3 is 0 Å². The molecule has 0 aromatic heterocycles. The number of hydrogen-bond acceptors (Lipinski definition) is 1. The topological polar surface area (TPSA) is 3.24 Å². The van der Waals surface area contributed by atoms with Crippen molar-refractivity contribution in [2.75, 3.05) is 4.90 Å². The van der Waals surface area contributed by atoms with E-state index in [4.69, 9.17) is 0 Å². The number of benzene rings is 2. The molecule has 0 spiro atoms. The van der Waals surface area contributed by atoms with E-state index >= 15 is 0 Å². The van der Waals surface area contributed by atoms with Crippen molar-refractivity contribution in [1.29, 1.82) is 0 Å². The van der Waals surface area contributed by atoms with Crippen molar-refractivity contribution in [3.63, 3.8) is 0 Å². The summed E-state index contributed by atoms with van der Waals surface area (Å²) in [5.74, 6) is 0. The Labute approximate surface area is 140 Å². The van der Waals surface area contributed by atoms with Gasteiger partial charge in [0.15, 0.2) is 0 Å². The van der Waals surface area contributed by atoms with Crippen molar-refractivity contribution in [3.05, 3.63) is 97.2 Å². The normalized spacial score (nSPS) is 11.9. The average Bonchev–Trinajstić information content (AvgIpc) is 2.55. The van der Waals surface area contributed by atoms with Crippen LogP contribution in [0.1, 0.15) is 26.3 Å². The SMILES string of the molecule is C=C/C=C(\C=C)N(c1ccccc1)c1ccc(C(C)(C)C)cc1. The van der Waals surface area contributed by atoms with Gasteiger partial charge in [0, 0.05) is 17.1 Å². The second-order valence-electron chi connectivity index (χ2n) is 6.50. The summed E-state index contributed by atoms with van der Waals surface area (Å²) in [7, 11) is 0. The number of nitrogens with zero attached hydrogens (tertiary/aromatic N) is 1. The minimum Gasteiger partial charge on any atom is -0.311 e. The molecule has 0 amide bonds. The molecule has 0 aliphatic carbocycles. The van der Waals surface area contributed by atoms with Gasteiger partial charge in [-0.2, -0.15) is 0 Å². The summed E-state index contributed by atoms with van der Waals surface area (Å²) in [4.78, 5) is 2.18. The summed E-state index contributed by atoms with van der Waals surface area (Å²) in [5.41, 5.74) is 4.67. The van der Waals surface area contributed by atoms with Crippen molar-refractivity contribution in [3.8, 4) is 0 Å². The molecule has 0 fully saturated rings. The molecule has 0 heterocycles. The fourth-order valence-electron chi connectivity index (χ4n) is 2.49. The molecule has 0 saturated heterocycles. The number of hydrogen-bond donors (Lipinski definition) is 0. The van der Waals surface area contributed by atoms with Gasteiger partial charge in [0.25, 0.3) is 0 Å². The molecule has 1 nitrogen and oxygen atoms in total. The predicted octanol–water partition coefficient (Wildman–Crippen LogP) is 6.38. The van der Waals surface area contributed by atoms with Gasteiger partial charge < -0.3 is 4.90 Å². The van der Waals surface area contributed by atoms with Crippen LogP contribution in [0.5, 0.6) is 0 Å². The number of allylic oxidation sites excluding steroid dienone is 3. The third kappa shape index (κ3) is 4.01. The minimum absolute atomic E-state index is 0.147. The van der Waals surface area contributed by atoms with E-state index in [9.17, 15) is 0 Å². The maximum Gasteiger partial charge on any atom is 0.0461 e. The molecule has 0 aliphatic rings. The summed E-state index contributed by atoms with van der Waals surface area (Å²) in [5, 5.41) is 0. The highest BCUT2D eigenvalue weighted by molar-refractivity contribution is 5.70. The van der Waals surface area contributed by atoms with Crippen LogP contribution in [0.2, 0.25) is 0 Å². The largest absolute Gasteiger partial charge is 0.311 e. The van der Waals surface area contributed by atoms with E-state index in [-0.39, 0.29) is 5.41 Å². The second kappa shape index (κ2) is 7.15. The van der Waals surface area contributed by atoms with Gasteiger partial charge in [-0.1, -0.05) is 70.3 Å². The highest BCUT2D eigenvalue weighted by Gasteiger charge is 2.16. The first-order chi connectivity index (χ1) is 11.0. The summed E-state index contributed by atoms with van der Waals surface area (Å²) >= 11 is 0. The number of anilines is 2. The molecule has 2 rings (SSSR count). The van der Waals surface area contributed by atoms with Crippen LogP contribution in [0.15, 0.2) is 91.7 Å². The minimum atomic E-state index is 0.147. The molecule has 2 aromatic rings. The molecule has 0 bridgehead atoms. The maximum atomic E-state index is 3.95. The van der Waals surface area contributed by atoms with Crippen molar-refractivity contribution in [2.45, 2.75) is 26.2 Å². The summed E-state index contributed by atoms with van der Waals surface area (Å²) in [6, 6.07) is 19.0. The van der Waals surface area contributed by atoms with Crippen LogP contribution in [0.3, 0.4) is 0 Å². The fourth-order valence-corrected chi connectivity index (χ4v) is 2.49. The molecule has 0 atom stereocenters. The molecule has 0 saturated carbocycles. The molecule has 23 heavy (non-hydrogen) atoms. The third-order valence-corrected chi connectivity index (χ3v) is 3.76.